The number of nitrogens with zero attached hydrogens (tertiary/aromatic N) is 2. The number of amides is 3. The van der Waals surface area contributed by atoms with Crippen LogP contribution < -0.4 is 4.90 Å². The van der Waals surface area contributed by atoms with Crippen molar-refractivity contribution >= 4 is 29.4 Å². The van der Waals surface area contributed by atoms with E-state index >= 15 is 0 Å². The molecule has 0 radical (unpaired) electrons. The standard InChI is InChI=1S/C20H18N2O5/c1-12(17(23)21(2)3)27-20(26)13-8-10-14(11-9-13)22-18(24)15-6-4-5-7-16(15)19(22)25/h4-12H,1-3H3. The predicted molar refractivity (Wildman–Crippen MR) is 97.6 cm³/mol. The van der Waals surface area contributed by atoms with E-state index in [4.69, 9.17) is 4.74 Å². The number of anilines is 1. The number of carbonyl (C=O) groups excluding carboxylic acids is 4. The van der Waals surface area contributed by atoms with Crippen LogP contribution in [0, 0.1) is 0 Å². The second-order valence-corrected chi connectivity index (χ2v) is 6.32. The molecule has 138 valence electrons. The molecule has 3 rings (SSSR count). The molecule has 0 saturated carbocycles. The van der Waals surface area contributed by atoms with Crippen molar-refractivity contribution in [3.05, 3.63) is 65.2 Å². The zero-order valence-electron chi connectivity index (χ0n) is 15.1. The minimum absolute atomic E-state index is 0.216. The van der Waals surface area contributed by atoms with E-state index in [0.29, 0.717) is 16.8 Å². The molecule has 1 unspecified atom stereocenters. The largest absolute Gasteiger partial charge is 0.449 e. The number of rotatable bonds is 4. The third-order valence-corrected chi connectivity index (χ3v) is 4.23. The molecule has 1 atom stereocenters. The molecule has 0 bridgehead atoms. The molecule has 0 fully saturated rings. The maximum Gasteiger partial charge on any atom is 0.338 e. The van der Waals surface area contributed by atoms with Crippen LogP contribution in [0.1, 0.15) is 38.0 Å². The van der Waals surface area contributed by atoms with E-state index in [1.54, 1.807) is 38.4 Å². The van der Waals surface area contributed by atoms with Crippen LogP contribution in [0.4, 0.5) is 5.69 Å². The Morgan fingerprint density at radius 3 is 1.93 bits per heavy atom. The Morgan fingerprint density at radius 1 is 0.926 bits per heavy atom. The molecule has 3 amide bonds. The Hall–Kier alpha value is -3.48. The number of carbonyl (C=O) groups is 4. The number of imide groups is 1. The van der Waals surface area contributed by atoms with Gasteiger partial charge in [0.05, 0.1) is 22.4 Å². The highest BCUT2D eigenvalue weighted by molar-refractivity contribution is 6.34. The molecule has 1 heterocycles. The average Bonchev–Trinajstić information content (AvgIpc) is 2.92. The molecule has 0 N–H and O–H groups in total. The van der Waals surface area contributed by atoms with Crippen molar-refractivity contribution in [2.24, 2.45) is 0 Å². The Morgan fingerprint density at radius 2 is 1.44 bits per heavy atom. The third-order valence-electron chi connectivity index (χ3n) is 4.23. The fourth-order valence-corrected chi connectivity index (χ4v) is 2.81. The van der Waals surface area contributed by atoms with Gasteiger partial charge in [0.1, 0.15) is 0 Å². The van der Waals surface area contributed by atoms with Gasteiger partial charge in [0.25, 0.3) is 17.7 Å². The SMILES string of the molecule is CC(OC(=O)c1ccc(N2C(=O)c3ccccc3C2=O)cc1)C(=O)N(C)C. The van der Waals surface area contributed by atoms with Gasteiger partial charge in [0.2, 0.25) is 0 Å². The first-order valence-electron chi connectivity index (χ1n) is 8.31. The number of hydrogen-bond acceptors (Lipinski definition) is 5. The molecule has 0 spiro atoms. The van der Waals surface area contributed by atoms with Gasteiger partial charge >= 0.3 is 5.97 Å². The molecular formula is C20H18N2O5. The Bertz CT molecular complexity index is 899. The summed E-state index contributed by atoms with van der Waals surface area (Å²) in [6.45, 7) is 1.49. The zero-order valence-corrected chi connectivity index (χ0v) is 15.1. The lowest BCUT2D eigenvalue weighted by Gasteiger charge is -2.17. The molecular weight excluding hydrogens is 348 g/mol. The average molecular weight is 366 g/mol. The highest BCUT2D eigenvalue weighted by atomic mass is 16.5. The van der Waals surface area contributed by atoms with Crippen LogP contribution in [0.5, 0.6) is 0 Å². The van der Waals surface area contributed by atoms with Crippen molar-refractivity contribution in [1.82, 2.24) is 4.90 Å². The first-order chi connectivity index (χ1) is 12.8. The molecule has 1 aliphatic heterocycles. The smallest absolute Gasteiger partial charge is 0.338 e. The monoisotopic (exact) mass is 366 g/mol. The van der Waals surface area contributed by atoms with Gasteiger partial charge < -0.3 is 9.64 Å². The summed E-state index contributed by atoms with van der Waals surface area (Å²) < 4.78 is 5.14. The molecule has 1 aliphatic rings. The van der Waals surface area contributed by atoms with Crippen LogP contribution in [-0.4, -0.2) is 48.8 Å². The summed E-state index contributed by atoms with van der Waals surface area (Å²) in [6, 6.07) is 12.5. The van der Waals surface area contributed by atoms with Crippen LogP contribution >= 0.6 is 0 Å². The van der Waals surface area contributed by atoms with E-state index in [9.17, 15) is 19.2 Å². The minimum atomic E-state index is -0.914. The Kier molecular flexibility index (Phi) is 4.77. The van der Waals surface area contributed by atoms with E-state index in [1.165, 1.54) is 36.1 Å². The van der Waals surface area contributed by atoms with Crippen LogP contribution in [0.25, 0.3) is 0 Å². The van der Waals surface area contributed by atoms with Crippen LogP contribution in [0.2, 0.25) is 0 Å². The summed E-state index contributed by atoms with van der Waals surface area (Å²) in [5.41, 5.74) is 1.27. The molecule has 7 nitrogen and oxygen atoms in total. The second-order valence-electron chi connectivity index (χ2n) is 6.32. The topological polar surface area (TPSA) is 84.0 Å². The number of hydrogen-bond donors (Lipinski definition) is 0. The fourth-order valence-electron chi connectivity index (χ4n) is 2.81. The van der Waals surface area contributed by atoms with Crippen LogP contribution in [-0.2, 0) is 9.53 Å². The van der Waals surface area contributed by atoms with Gasteiger partial charge in [-0.3, -0.25) is 14.4 Å². The van der Waals surface area contributed by atoms with Gasteiger partial charge in [0.15, 0.2) is 6.10 Å². The molecule has 2 aromatic carbocycles. The van der Waals surface area contributed by atoms with Gasteiger partial charge in [-0.15, -0.1) is 0 Å². The number of ether oxygens (including phenoxy) is 1. The minimum Gasteiger partial charge on any atom is -0.449 e. The van der Waals surface area contributed by atoms with Crippen molar-refractivity contribution in [3.8, 4) is 0 Å². The van der Waals surface area contributed by atoms with Crippen molar-refractivity contribution in [2.45, 2.75) is 13.0 Å². The Balaban J connectivity index is 1.77. The lowest BCUT2D eigenvalue weighted by molar-refractivity contribution is -0.137. The number of esters is 1. The van der Waals surface area contributed by atoms with E-state index in [-0.39, 0.29) is 11.5 Å². The van der Waals surface area contributed by atoms with Gasteiger partial charge in [0, 0.05) is 14.1 Å². The summed E-state index contributed by atoms with van der Waals surface area (Å²) >= 11 is 0. The summed E-state index contributed by atoms with van der Waals surface area (Å²) in [5.74, 6) is -1.80. The van der Waals surface area contributed by atoms with E-state index in [0.717, 1.165) is 4.90 Å². The molecule has 2 aromatic rings. The first-order valence-corrected chi connectivity index (χ1v) is 8.31. The van der Waals surface area contributed by atoms with Gasteiger partial charge in [-0.25, -0.2) is 9.69 Å². The Labute approximate surface area is 156 Å². The highest BCUT2D eigenvalue weighted by Crippen LogP contribution is 2.28. The van der Waals surface area contributed by atoms with Gasteiger partial charge in [-0.1, -0.05) is 12.1 Å². The summed E-state index contributed by atoms with van der Waals surface area (Å²) in [6.07, 6.45) is -0.914. The predicted octanol–water partition coefficient (Wildman–Crippen LogP) is 2.12. The summed E-state index contributed by atoms with van der Waals surface area (Å²) in [7, 11) is 3.15. The van der Waals surface area contributed by atoms with Gasteiger partial charge in [-0.05, 0) is 43.3 Å². The molecule has 0 aromatic heterocycles. The number of fused-ring (bicyclic) bond motifs is 1. The zero-order chi connectivity index (χ0) is 19.7. The number of likely N-dealkylation sites (N-methyl/N-ethyl adjacent to an activating group) is 1. The lowest BCUT2D eigenvalue weighted by Crippen LogP contribution is -2.34. The third kappa shape index (κ3) is 3.31. The van der Waals surface area contributed by atoms with E-state index < -0.39 is 23.9 Å². The summed E-state index contributed by atoms with van der Waals surface area (Å²) in [5, 5.41) is 0. The van der Waals surface area contributed by atoms with E-state index in [2.05, 4.69) is 0 Å². The number of benzene rings is 2. The maximum absolute atomic E-state index is 12.5. The molecule has 27 heavy (non-hydrogen) atoms. The summed E-state index contributed by atoms with van der Waals surface area (Å²) in [4.78, 5) is 51.3. The van der Waals surface area contributed by atoms with E-state index in [1.807, 2.05) is 0 Å². The first kappa shape index (κ1) is 18.3. The van der Waals surface area contributed by atoms with Crippen molar-refractivity contribution in [3.63, 3.8) is 0 Å². The fraction of sp³-hybridized carbons (Fsp3) is 0.200. The van der Waals surface area contributed by atoms with Crippen LogP contribution in [0.3, 0.4) is 0 Å². The van der Waals surface area contributed by atoms with Crippen LogP contribution in [0.15, 0.2) is 48.5 Å². The van der Waals surface area contributed by atoms with Crippen molar-refractivity contribution in [1.29, 1.82) is 0 Å². The maximum atomic E-state index is 12.5. The van der Waals surface area contributed by atoms with Crippen molar-refractivity contribution in [2.75, 3.05) is 19.0 Å². The lowest BCUT2D eigenvalue weighted by atomic mass is 10.1. The van der Waals surface area contributed by atoms with Gasteiger partial charge in [-0.2, -0.15) is 0 Å². The molecule has 0 aliphatic carbocycles. The second kappa shape index (κ2) is 7.03. The molecule has 0 saturated heterocycles. The normalized spacial score (nSPS) is 14.0. The highest BCUT2D eigenvalue weighted by Gasteiger charge is 2.36. The quantitative estimate of drug-likeness (QED) is 0.611. The molecule has 7 heteroatoms. The van der Waals surface area contributed by atoms with Crippen molar-refractivity contribution < 1.29 is 23.9 Å².